The second-order valence-corrected chi connectivity index (χ2v) is 1.76. The van der Waals surface area contributed by atoms with Crippen molar-refractivity contribution >= 4 is 0 Å². The molecule has 0 spiro atoms. The fraction of sp³-hybridized carbons (Fsp3) is 0.667. The van der Waals surface area contributed by atoms with Crippen LogP contribution in [0.15, 0.2) is 12.2 Å². The number of allylic oxidation sites excluding steroid dienone is 1. The Morgan fingerprint density at radius 3 is 2.00 bits per heavy atom. The molecule has 2 atom stereocenters. The zero-order chi connectivity index (χ0) is 6.57. The number of hydrogen-bond donors (Lipinski definition) is 2. The van der Waals surface area contributed by atoms with E-state index in [4.69, 9.17) is 10.2 Å². The van der Waals surface area contributed by atoms with Gasteiger partial charge in [-0.1, -0.05) is 12.2 Å². The van der Waals surface area contributed by atoms with E-state index in [-0.39, 0.29) is 0 Å². The van der Waals surface area contributed by atoms with E-state index in [1.807, 2.05) is 0 Å². The first-order chi connectivity index (χ1) is 3.68. The molecule has 8 heavy (non-hydrogen) atoms. The Balaban J connectivity index is 3.47. The second-order valence-electron chi connectivity index (χ2n) is 1.76. The monoisotopic (exact) mass is 116 g/mol. The SMILES string of the molecule is C/C=C/C(O)C(C)O. The number of rotatable bonds is 2. The Labute approximate surface area is 49.5 Å². The van der Waals surface area contributed by atoms with E-state index in [0.717, 1.165) is 0 Å². The van der Waals surface area contributed by atoms with Gasteiger partial charge in [-0.05, 0) is 13.8 Å². The summed E-state index contributed by atoms with van der Waals surface area (Å²) in [4.78, 5) is 0. The van der Waals surface area contributed by atoms with Gasteiger partial charge in [0.15, 0.2) is 0 Å². The average molecular weight is 116 g/mol. The fourth-order valence-electron chi connectivity index (χ4n) is 0.358. The number of aliphatic hydroxyl groups excluding tert-OH is 2. The normalized spacial score (nSPS) is 19.0. The van der Waals surface area contributed by atoms with Crippen molar-refractivity contribution in [2.45, 2.75) is 26.1 Å². The predicted octanol–water partition coefficient (Wildman–Crippen LogP) is 0.304. The Morgan fingerprint density at radius 2 is 1.88 bits per heavy atom. The molecule has 2 N–H and O–H groups in total. The largest absolute Gasteiger partial charge is 0.390 e. The van der Waals surface area contributed by atoms with Crippen LogP contribution in [-0.2, 0) is 0 Å². The predicted molar refractivity (Wildman–Crippen MR) is 32.5 cm³/mol. The molecule has 0 amide bonds. The molecule has 2 unspecified atom stereocenters. The van der Waals surface area contributed by atoms with E-state index in [1.165, 1.54) is 0 Å². The van der Waals surface area contributed by atoms with Crippen LogP contribution in [0.1, 0.15) is 13.8 Å². The Morgan fingerprint density at radius 1 is 1.38 bits per heavy atom. The molecule has 0 aromatic carbocycles. The molecule has 0 rings (SSSR count). The minimum Gasteiger partial charge on any atom is -0.390 e. The highest BCUT2D eigenvalue weighted by Crippen LogP contribution is 1.91. The summed E-state index contributed by atoms with van der Waals surface area (Å²) in [7, 11) is 0. The lowest BCUT2D eigenvalue weighted by molar-refractivity contribution is 0.0618. The third-order valence-electron chi connectivity index (χ3n) is 0.884. The van der Waals surface area contributed by atoms with Crippen LogP contribution in [0.3, 0.4) is 0 Å². The molecule has 0 fully saturated rings. The minimum absolute atomic E-state index is 0.661. The van der Waals surface area contributed by atoms with Crippen LogP contribution in [0.5, 0.6) is 0 Å². The van der Waals surface area contributed by atoms with Gasteiger partial charge in [0, 0.05) is 0 Å². The van der Waals surface area contributed by atoms with Crippen LogP contribution >= 0.6 is 0 Å². The van der Waals surface area contributed by atoms with Crippen LogP contribution in [0.4, 0.5) is 0 Å². The molecule has 48 valence electrons. The summed E-state index contributed by atoms with van der Waals surface area (Å²) < 4.78 is 0. The van der Waals surface area contributed by atoms with Gasteiger partial charge < -0.3 is 10.2 Å². The van der Waals surface area contributed by atoms with Gasteiger partial charge in [0.1, 0.15) is 0 Å². The van der Waals surface area contributed by atoms with Crippen molar-refractivity contribution in [3.8, 4) is 0 Å². The highest BCUT2D eigenvalue weighted by molar-refractivity contribution is 4.87. The highest BCUT2D eigenvalue weighted by atomic mass is 16.3. The van der Waals surface area contributed by atoms with E-state index < -0.39 is 12.2 Å². The number of aliphatic hydroxyl groups is 2. The summed E-state index contributed by atoms with van der Waals surface area (Å²) in [5, 5.41) is 17.4. The lowest BCUT2D eigenvalue weighted by Crippen LogP contribution is -2.19. The van der Waals surface area contributed by atoms with Crippen molar-refractivity contribution in [3.63, 3.8) is 0 Å². The molecule has 0 heterocycles. The molecule has 0 aliphatic rings. The fourth-order valence-corrected chi connectivity index (χ4v) is 0.358. The van der Waals surface area contributed by atoms with Crippen molar-refractivity contribution in [1.82, 2.24) is 0 Å². The lowest BCUT2D eigenvalue weighted by Gasteiger charge is -2.06. The summed E-state index contributed by atoms with van der Waals surface area (Å²) in [5.74, 6) is 0. The summed E-state index contributed by atoms with van der Waals surface area (Å²) in [6.45, 7) is 3.34. The van der Waals surface area contributed by atoms with Gasteiger partial charge in [-0.2, -0.15) is 0 Å². The van der Waals surface area contributed by atoms with E-state index >= 15 is 0 Å². The van der Waals surface area contributed by atoms with Crippen molar-refractivity contribution in [2.75, 3.05) is 0 Å². The van der Waals surface area contributed by atoms with Crippen molar-refractivity contribution in [1.29, 1.82) is 0 Å². The molecule has 2 nitrogen and oxygen atoms in total. The maximum absolute atomic E-state index is 8.79. The van der Waals surface area contributed by atoms with Gasteiger partial charge in [-0.25, -0.2) is 0 Å². The molecule has 0 saturated carbocycles. The molecular formula is C6H12O2. The van der Waals surface area contributed by atoms with Crippen LogP contribution in [0.2, 0.25) is 0 Å². The van der Waals surface area contributed by atoms with Crippen LogP contribution in [0.25, 0.3) is 0 Å². The summed E-state index contributed by atoms with van der Waals surface area (Å²) >= 11 is 0. The lowest BCUT2D eigenvalue weighted by atomic mass is 10.2. The van der Waals surface area contributed by atoms with E-state index in [0.29, 0.717) is 0 Å². The molecule has 0 aliphatic carbocycles. The Kier molecular flexibility index (Phi) is 3.48. The van der Waals surface area contributed by atoms with Crippen LogP contribution in [-0.4, -0.2) is 22.4 Å². The number of hydrogen-bond acceptors (Lipinski definition) is 2. The van der Waals surface area contributed by atoms with Crippen LogP contribution < -0.4 is 0 Å². The van der Waals surface area contributed by atoms with Gasteiger partial charge in [-0.3, -0.25) is 0 Å². The molecule has 0 aromatic heterocycles. The zero-order valence-corrected chi connectivity index (χ0v) is 5.20. The Hall–Kier alpha value is -0.340. The first-order valence-electron chi connectivity index (χ1n) is 2.67. The molecule has 0 saturated heterocycles. The summed E-state index contributed by atoms with van der Waals surface area (Å²) in [5.41, 5.74) is 0. The van der Waals surface area contributed by atoms with Crippen molar-refractivity contribution in [3.05, 3.63) is 12.2 Å². The third-order valence-corrected chi connectivity index (χ3v) is 0.884. The molecule has 0 radical (unpaired) electrons. The first kappa shape index (κ1) is 7.66. The maximum Gasteiger partial charge on any atom is 0.0977 e. The molecule has 0 aliphatic heterocycles. The minimum atomic E-state index is -0.708. The smallest absolute Gasteiger partial charge is 0.0977 e. The summed E-state index contributed by atoms with van der Waals surface area (Å²) in [6.07, 6.45) is 1.88. The maximum atomic E-state index is 8.79. The van der Waals surface area contributed by atoms with E-state index in [2.05, 4.69) is 0 Å². The second kappa shape index (κ2) is 3.64. The third kappa shape index (κ3) is 2.77. The van der Waals surface area contributed by atoms with Gasteiger partial charge in [0.05, 0.1) is 12.2 Å². The molecule has 0 bridgehead atoms. The quantitative estimate of drug-likeness (QED) is 0.509. The standard InChI is InChI=1S/C6H12O2/c1-3-4-6(8)5(2)7/h3-8H,1-2H3/b4-3+. The first-order valence-corrected chi connectivity index (χ1v) is 2.67. The van der Waals surface area contributed by atoms with E-state index in [9.17, 15) is 0 Å². The topological polar surface area (TPSA) is 40.5 Å². The van der Waals surface area contributed by atoms with Gasteiger partial charge in [0.25, 0.3) is 0 Å². The van der Waals surface area contributed by atoms with E-state index in [1.54, 1.807) is 26.0 Å². The van der Waals surface area contributed by atoms with Crippen LogP contribution in [0, 0.1) is 0 Å². The Bertz CT molecular complexity index is 76.6. The average Bonchev–Trinajstić information content (AvgIpc) is 1.67. The van der Waals surface area contributed by atoms with Gasteiger partial charge in [0.2, 0.25) is 0 Å². The highest BCUT2D eigenvalue weighted by Gasteiger charge is 2.03. The van der Waals surface area contributed by atoms with Gasteiger partial charge >= 0.3 is 0 Å². The van der Waals surface area contributed by atoms with Crippen molar-refractivity contribution in [2.24, 2.45) is 0 Å². The molecule has 0 aromatic rings. The van der Waals surface area contributed by atoms with Crippen molar-refractivity contribution < 1.29 is 10.2 Å². The zero-order valence-electron chi connectivity index (χ0n) is 5.20. The van der Waals surface area contributed by atoms with Gasteiger partial charge in [-0.15, -0.1) is 0 Å². The summed E-state index contributed by atoms with van der Waals surface area (Å²) in [6, 6.07) is 0. The molecular weight excluding hydrogens is 104 g/mol. The molecule has 2 heteroatoms.